The monoisotopic (exact) mass is 284 g/mol. The molecule has 2 aromatic rings. The van der Waals surface area contributed by atoms with Gasteiger partial charge in [0.25, 0.3) is 0 Å². The number of benzene rings is 2. The molecule has 0 N–H and O–H groups in total. The van der Waals surface area contributed by atoms with Gasteiger partial charge in [-0.2, -0.15) is 0 Å². The topological polar surface area (TPSA) is 26.3 Å². The van der Waals surface area contributed by atoms with Gasteiger partial charge in [0, 0.05) is 18.4 Å². The first kappa shape index (κ1) is 13.8. The van der Waals surface area contributed by atoms with Crippen molar-refractivity contribution in [1.82, 2.24) is 0 Å². The van der Waals surface area contributed by atoms with Crippen LogP contribution in [0.5, 0.6) is 5.75 Å². The lowest BCUT2D eigenvalue weighted by atomic mass is 9.97. The molecule has 1 aliphatic heterocycles. The first-order valence-electron chi connectivity index (χ1n) is 7.02. The highest BCUT2D eigenvalue weighted by atomic mass is 19.1. The molecule has 3 rings (SSSR count). The summed E-state index contributed by atoms with van der Waals surface area (Å²) < 4.78 is 19.0. The Morgan fingerprint density at radius 1 is 1.24 bits per heavy atom. The number of fused-ring (bicyclic) bond motifs is 1. The van der Waals surface area contributed by atoms with Crippen molar-refractivity contribution in [3.63, 3.8) is 0 Å². The number of ether oxygens (including phenoxy) is 1. The minimum absolute atomic E-state index is 0.00638. The van der Waals surface area contributed by atoms with Crippen LogP contribution >= 0.6 is 0 Å². The number of hydrogen-bond donors (Lipinski definition) is 0. The molecule has 0 spiro atoms. The van der Waals surface area contributed by atoms with Crippen LogP contribution in [-0.4, -0.2) is 11.4 Å². The first-order valence-corrected chi connectivity index (χ1v) is 7.02. The van der Waals surface area contributed by atoms with E-state index in [2.05, 4.69) is 0 Å². The molecule has 0 aromatic heterocycles. The van der Waals surface area contributed by atoms with Crippen molar-refractivity contribution in [2.75, 3.05) is 0 Å². The molecule has 0 unspecified atom stereocenters. The molecule has 0 fully saturated rings. The van der Waals surface area contributed by atoms with E-state index >= 15 is 0 Å². The van der Waals surface area contributed by atoms with Gasteiger partial charge in [-0.15, -0.1) is 0 Å². The zero-order valence-corrected chi connectivity index (χ0v) is 12.2. The van der Waals surface area contributed by atoms with Crippen molar-refractivity contribution >= 4 is 5.78 Å². The lowest BCUT2D eigenvalue weighted by Crippen LogP contribution is -2.24. The van der Waals surface area contributed by atoms with Gasteiger partial charge in [-0.1, -0.05) is 12.1 Å². The van der Waals surface area contributed by atoms with Gasteiger partial charge in [-0.05, 0) is 55.3 Å². The van der Waals surface area contributed by atoms with Gasteiger partial charge < -0.3 is 4.74 Å². The molecule has 108 valence electrons. The Morgan fingerprint density at radius 3 is 2.81 bits per heavy atom. The molecule has 0 radical (unpaired) electrons. The van der Waals surface area contributed by atoms with Gasteiger partial charge in [0.2, 0.25) is 0 Å². The van der Waals surface area contributed by atoms with Crippen LogP contribution in [0.25, 0.3) is 0 Å². The fourth-order valence-electron chi connectivity index (χ4n) is 2.72. The van der Waals surface area contributed by atoms with E-state index < -0.39 is 0 Å². The summed E-state index contributed by atoms with van der Waals surface area (Å²) in [5.41, 5.74) is 2.19. The van der Waals surface area contributed by atoms with E-state index in [1.807, 2.05) is 26.0 Å². The summed E-state index contributed by atoms with van der Waals surface area (Å²) in [6.07, 6.45) is 1.00. The zero-order chi connectivity index (χ0) is 15.0. The smallest absolute Gasteiger partial charge is 0.167 e. The van der Waals surface area contributed by atoms with Gasteiger partial charge in [-0.25, -0.2) is 4.39 Å². The molecule has 0 amide bonds. The van der Waals surface area contributed by atoms with E-state index in [0.717, 1.165) is 17.7 Å². The Morgan fingerprint density at radius 2 is 2.05 bits per heavy atom. The summed E-state index contributed by atoms with van der Waals surface area (Å²) in [4.78, 5) is 12.3. The number of Topliss-reactive ketones (excluding diaryl/α,β-unsaturated/α-hetero) is 1. The standard InChI is InChI=1S/C18H17FO2/c1-18(2)11-14-10-13(6-7-17(14)21-18)16(20)9-12-4-3-5-15(19)8-12/h3-8,10H,9,11H2,1-2H3. The van der Waals surface area contributed by atoms with Crippen LogP contribution in [0.1, 0.15) is 35.3 Å². The number of rotatable bonds is 3. The molecule has 2 nitrogen and oxygen atoms in total. The van der Waals surface area contributed by atoms with Gasteiger partial charge in [0.15, 0.2) is 5.78 Å². The van der Waals surface area contributed by atoms with Gasteiger partial charge >= 0.3 is 0 Å². The Labute approximate surface area is 123 Å². The number of carbonyl (C=O) groups excluding carboxylic acids is 1. The molecule has 1 aliphatic rings. The maximum absolute atomic E-state index is 13.2. The normalized spacial score (nSPS) is 15.4. The van der Waals surface area contributed by atoms with Crippen LogP contribution < -0.4 is 4.74 Å². The van der Waals surface area contributed by atoms with Crippen LogP contribution in [0.4, 0.5) is 4.39 Å². The summed E-state index contributed by atoms with van der Waals surface area (Å²) in [5, 5.41) is 0. The Balaban J connectivity index is 1.81. The van der Waals surface area contributed by atoms with Crippen LogP contribution in [0.2, 0.25) is 0 Å². The molecule has 0 saturated heterocycles. The molecule has 3 heteroatoms. The third kappa shape index (κ3) is 2.97. The van der Waals surface area contributed by atoms with E-state index in [9.17, 15) is 9.18 Å². The van der Waals surface area contributed by atoms with Gasteiger partial charge in [-0.3, -0.25) is 4.79 Å². The lowest BCUT2D eigenvalue weighted by Gasteiger charge is -2.16. The molecule has 0 saturated carbocycles. The fraction of sp³-hybridized carbons (Fsp3) is 0.278. The summed E-state index contributed by atoms with van der Waals surface area (Å²) in [6.45, 7) is 4.06. The van der Waals surface area contributed by atoms with E-state index in [1.165, 1.54) is 12.1 Å². The maximum atomic E-state index is 13.2. The van der Waals surface area contributed by atoms with Crippen molar-refractivity contribution < 1.29 is 13.9 Å². The highest BCUT2D eigenvalue weighted by molar-refractivity contribution is 5.97. The Hall–Kier alpha value is -2.16. The molecule has 0 bridgehead atoms. The third-order valence-electron chi connectivity index (χ3n) is 3.64. The summed E-state index contributed by atoms with van der Waals surface area (Å²) in [6, 6.07) is 11.7. The molecule has 0 aliphatic carbocycles. The second-order valence-electron chi connectivity index (χ2n) is 6.09. The molecular weight excluding hydrogens is 267 g/mol. The fourth-order valence-corrected chi connectivity index (χ4v) is 2.72. The van der Waals surface area contributed by atoms with Crippen molar-refractivity contribution in [3.8, 4) is 5.75 Å². The molecule has 1 heterocycles. The molecule has 0 atom stereocenters. The van der Waals surface area contributed by atoms with Crippen LogP contribution in [0.3, 0.4) is 0 Å². The van der Waals surface area contributed by atoms with Crippen LogP contribution in [-0.2, 0) is 12.8 Å². The largest absolute Gasteiger partial charge is 0.487 e. The highest BCUT2D eigenvalue weighted by Crippen LogP contribution is 2.35. The van der Waals surface area contributed by atoms with E-state index in [4.69, 9.17) is 4.74 Å². The first-order chi connectivity index (χ1) is 9.93. The van der Waals surface area contributed by atoms with E-state index in [1.54, 1.807) is 18.2 Å². The van der Waals surface area contributed by atoms with E-state index in [-0.39, 0.29) is 23.6 Å². The highest BCUT2D eigenvalue weighted by Gasteiger charge is 2.30. The average molecular weight is 284 g/mol. The third-order valence-corrected chi connectivity index (χ3v) is 3.64. The van der Waals surface area contributed by atoms with Crippen molar-refractivity contribution in [1.29, 1.82) is 0 Å². The average Bonchev–Trinajstić information content (AvgIpc) is 2.71. The zero-order valence-electron chi connectivity index (χ0n) is 12.2. The Bertz CT molecular complexity index is 704. The minimum Gasteiger partial charge on any atom is -0.487 e. The summed E-state index contributed by atoms with van der Waals surface area (Å²) in [5.74, 6) is 0.528. The molecular formula is C18H17FO2. The number of ketones is 1. The predicted molar refractivity (Wildman–Crippen MR) is 79.3 cm³/mol. The lowest BCUT2D eigenvalue weighted by molar-refractivity contribution is 0.0993. The number of hydrogen-bond acceptors (Lipinski definition) is 2. The van der Waals surface area contributed by atoms with E-state index in [0.29, 0.717) is 11.1 Å². The number of carbonyl (C=O) groups is 1. The summed E-state index contributed by atoms with van der Waals surface area (Å²) >= 11 is 0. The SMILES string of the molecule is CC1(C)Cc2cc(C(=O)Cc3cccc(F)c3)ccc2O1. The molecule has 2 aromatic carbocycles. The quantitative estimate of drug-likeness (QED) is 0.797. The number of halogens is 1. The van der Waals surface area contributed by atoms with Crippen LogP contribution in [0, 0.1) is 5.82 Å². The second-order valence-corrected chi connectivity index (χ2v) is 6.09. The van der Waals surface area contributed by atoms with Crippen LogP contribution in [0.15, 0.2) is 42.5 Å². The Kier molecular flexibility index (Phi) is 3.28. The van der Waals surface area contributed by atoms with Gasteiger partial charge in [0.05, 0.1) is 0 Å². The van der Waals surface area contributed by atoms with Gasteiger partial charge in [0.1, 0.15) is 17.2 Å². The van der Waals surface area contributed by atoms with Crippen molar-refractivity contribution in [2.24, 2.45) is 0 Å². The van der Waals surface area contributed by atoms with Crippen molar-refractivity contribution in [3.05, 3.63) is 65.0 Å². The summed E-state index contributed by atoms with van der Waals surface area (Å²) in [7, 11) is 0. The maximum Gasteiger partial charge on any atom is 0.167 e. The van der Waals surface area contributed by atoms with Crippen molar-refractivity contribution in [2.45, 2.75) is 32.3 Å². The minimum atomic E-state index is -0.315. The predicted octanol–water partition coefficient (Wildman–Crippen LogP) is 3.96. The second kappa shape index (κ2) is 4.99. The molecule has 21 heavy (non-hydrogen) atoms.